The molecule has 2 amide bonds. The van der Waals surface area contributed by atoms with Gasteiger partial charge in [0.1, 0.15) is 0 Å². The Hall–Kier alpha value is -1.93. The highest BCUT2D eigenvalue weighted by Crippen LogP contribution is 2.25. The Balaban J connectivity index is 1.76. The average Bonchev–Trinajstić information content (AvgIpc) is 3.10. The lowest BCUT2D eigenvalue weighted by Crippen LogP contribution is -2.37. The van der Waals surface area contributed by atoms with Crippen molar-refractivity contribution in [3.63, 3.8) is 0 Å². The minimum atomic E-state index is -0.777. The van der Waals surface area contributed by atoms with Crippen molar-refractivity contribution in [3.05, 3.63) is 34.0 Å². The van der Waals surface area contributed by atoms with Crippen molar-refractivity contribution in [1.29, 1.82) is 0 Å². The van der Waals surface area contributed by atoms with Crippen LogP contribution in [-0.4, -0.2) is 32.4 Å². The summed E-state index contributed by atoms with van der Waals surface area (Å²) in [6.45, 7) is 6.81. The molecule has 0 bridgehead atoms. The third-order valence-corrected chi connectivity index (χ3v) is 4.51. The first-order chi connectivity index (χ1) is 10.8. The van der Waals surface area contributed by atoms with Crippen molar-refractivity contribution in [1.82, 2.24) is 25.4 Å². The first-order valence-electron chi connectivity index (χ1n) is 7.39. The van der Waals surface area contributed by atoms with Crippen molar-refractivity contribution in [2.24, 2.45) is 7.05 Å². The Morgan fingerprint density at radius 3 is 2.74 bits per heavy atom. The number of nitrogens with zero attached hydrogens (tertiary/aromatic N) is 3. The molecule has 0 radical (unpaired) electrons. The van der Waals surface area contributed by atoms with Gasteiger partial charge in [0.05, 0.1) is 29.5 Å². The van der Waals surface area contributed by atoms with Gasteiger partial charge in [0.25, 0.3) is 0 Å². The van der Waals surface area contributed by atoms with Gasteiger partial charge in [-0.05, 0) is 0 Å². The van der Waals surface area contributed by atoms with Crippen LogP contribution in [-0.2, 0) is 19.0 Å². The Labute approximate surface area is 139 Å². The summed E-state index contributed by atoms with van der Waals surface area (Å²) >= 11 is 1.59. The normalized spacial score (nSPS) is 12.9. The molecule has 0 saturated carbocycles. The fraction of sp³-hybridized carbons (Fsp3) is 0.533. The summed E-state index contributed by atoms with van der Waals surface area (Å²) in [5.41, 5.74) is 1.52. The molecular formula is C15H23N5O2S. The first-order valence-corrected chi connectivity index (χ1v) is 8.27. The van der Waals surface area contributed by atoms with E-state index in [1.54, 1.807) is 35.5 Å². The number of carbonyl (C=O) groups excluding carboxylic acids is 1. The van der Waals surface area contributed by atoms with Crippen molar-refractivity contribution >= 4 is 17.4 Å². The van der Waals surface area contributed by atoms with E-state index in [1.165, 1.54) is 0 Å². The zero-order chi connectivity index (χ0) is 17.0. The molecule has 23 heavy (non-hydrogen) atoms. The summed E-state index contributed by atoms with van der Waals surface area (Å²) < 4.78 is 1.60. The molecule has 0 aromatic carbocycles. The van der Waals surface area contributed by atoms with E-state index in [2.05, 4.69) is 41.5 Å². The van der Waals surface area contributed by atoms with E-state index >= 15 is 0 Å². The summed E-state index contributed by atoms with van der Waals surface area (Å²) in [4.78, 5) is 16.3. The van der Waals surface area contributed by atoms with Crippen LogP contribution in [0.4, 0.5) is 4.79 Å². The Kier molecular flexibility index (Phi) is 5.38. The highest BCUT2D eigenvalue weighted by atomic mass is 32.1. The molecule has 0 saturated heterocycles. The molecule has 0 aliphatic carbocycles. The van der Waals surface area contributed by atoms with Crippen molar-refractivity contribution in [2.75, 3.05) is 6.54 Å². The fourth-order valence-electron chi connectivity index (χ4n) is 1.89. The van der Waals surface area contributed by atoms with E-state index in [4.69, 9.17) is 0 Å². The third kappa shape index (κ3) is 5.04. The maximum atomic E-state index is 11.8. The van der Waals surface area contributed by atoms with Gasteiger partial charge in [0, 0.05) is 36.1 Å². The molecule has 126 valence electrons. The number of hydrogen-bond donors (Lipinski definition) is 3. The molecular weight excluding hydrogens is 314 g/mol. The maximum Gasteiger partial charge on any atom is 0.315 e. The molecule has 0 aliphatic heterocycles. The number of urea groups is 1. The number of thiazole rings is 1. The predicted molar refractivity (Wildman–Crippen MR) is 89.2 cm³/mol. The highest BCUT2D eigenvalue weighted by molar-refractivity contribution is 7.09. The van der Waals surface area contributed by atoms with Crippen LogP contribution in [0, 0.1) is 0 Å². The van der Waals surface area contributed by atoms with Crippen LogP contribution in [0.5, 0.6) is 0 Å². The lowest BCUT2D eigenvalue weighted by molar-refractivity contribution is 0.173. The SMILES string of the molecule is Cn1cc([C@@H](O)CNC(=O)NCc2csc(C(C)(C)C)n2)cn1. The van der Waals surface area contributed by atoms with Crippen LogP contribution in [0.15, 0.2) is 17.8 Å². The van der Waals surface area contributed by atoms with Crippen LogP contribution < -0.4 is 10.6 Å². The predicted octanol–water partition coefficient (Wildman–Crippen LogP) is 1.71. The number of amides is 2. The summed E-state index contributed by atoms with van der Waals surface area (Å²) in [6.07, 6.45) is 2.52. The lowest BCUT2D eigenvalue weighted by atomic mass is 9.98. The number of nitrogens with one attached hydrogen (secondary N) is 2. The zero-order valence-corrected chi connectivity index (χ0v) is 14.6. The van der Waals surface area contributed by atoms with Crippen molar-refractivity contribution < 1.29 is 9.90 Å². The molecule has 3 N–H and O–H groups in total. The van der Waals surface area contributed by atoms with Crippen LogP contribution >= 0.6 is 11.3 Å². The molecule has 0 aliphatic rings. The van der Waals surface area contributed by atoms with E-state index in [-0.39, 0.29) is 18.0 Å². The van der Waals surface area contributed by atoms with Crippen LogP contribution in [0.1, 0.15) is 43.1 Å². The highest BCUT2D eigenvalue weighted by Gasteiger charge is 2.18. The van der Waals surface area contributed by atoms with E-state index in [0.717, 1.165) is 10.7 Å². The standard InChI is InChI=1S/C15H23N5O2S/c1-15(2,3)13-19-11(9-23-13)6-16-14(22)17-7-12(21)10-5-18-20(4)8-10/h5,8-9,12,21H,6-7H2,1-4H3,(H2,16,17,22)/t12-/m0/s1. The topological polar surface area (TPSA) is 92.1 Å². The molecule has 7 nitrogen and oxygen atoms in total. The largest absolute Gasteiger partial charge is 0.386 e. The Morgan fingerprint density at radius 1 is 1.43 bits per heavy atom. The molecule has 2 aromatic rings. The summed E-state index contributed by atoms with van der Waals surface area (Å²) in [5, 5.41) is 22.3. The zero-order valence-electron chi connectivity index (χ0n) is 13.8. The van der Waals surface area contributed by atoms with Gasteiger partial charge in [-0.1, -0.05) is 20.8 Å². The fourth-order valence-corrected chi connectivity index (χ4v) is 2.79. The van der Waals surface area contributed by atoms with Gasteiger partial charge in [-0.3, -0.25) is 4.68 Å². The number of rotatable bonds is 5. The molecule has 2 aromatic heterocycles. The quantitative estimate of drug-likeness (QED) is 0.774. The van der Waals surface area contributed by atoms with Gasteiger partial charge in [-0.15, -0.1) is 11.3 Å². The maximum absolute atomic E-state index is 11.8. The van der Waals surface area contributed by atoms with E-state index in [1.807, 2.05) is 5.38 Å². The smallest absolute Gasteiger partial charge is 0.315 e. The van der Waals surface area contributed by atoms with Gasteiger partial charge < -0.3 is 15.7 Å². The van der Waals surface area contributed by atoms with Gasteiger partial charge in [-0.25, -0.2) is 9.78 Å². The van der Waals surface area contributed by atoms with E-state index < -0.39 is 6.10 Å². The number of aryl methyl sites for hydroxylation is 1. The van der Waals surface area contributed by atoms with Crippen molar-refractivity contribution in [3.8, 4) is 0 Å². The second kappa shape index (κ2) is 7.10. The molecule has 0 spiro atoms. The number of aliphatic hydroxyl groups is 1. The van der Waals surface area contributed by atoms with Crippen LogP contribution in [0.2, 0.25) is 0 Å². The molecule has 2 rings (SSSR count). The second-order valence-corrected chi connectivity index (χ2v) is 7.28. The van der Waals surface area contributed by atoms with Gasteiger partial charge in [0.15, 0.2) is 0 Å². The number of aliphatic hydroxyl groups excluding tert-OH is 1. The molecule has 0 unspecified atom stereocenters. The Morgan fingerprint density at radius 2 is 2.17 bits per heavy atom. The van der Waals surface area contributed by atoms with Gasteiger partial charge >= 0.3 is 6.03 Å². The minimum absolute atomic E-state index is 0.0129. The lowest BCUT2D eigenvalue weighted by Gasteiger charge is -2.13. The second-order valence-electron chi connectivity index (χ2n) is 6.42. The molecule has 8 heteroatoms. The minimum Gasteiger partial charge on any atom is -0.386 e. The summed E-state index contributed by atoms with van der Waals surface area (Å²) in [7, 11) is 1.77. The summed E-state index contributed by atoms with van der Waals surface area (Å²) in [5.74, 6) is 0. The summed E-state index contributed by atoms with van der Waals surface area (Å²) in [6, 6.07) is -0.335. The monoisotopic (exact) mass is 337 g/mol. The molecule has 0 fully saturated rings. The average molecular weight is 337 g/mol. The molecule has 2 heterocycles. The number of aromatic nitrogens is 3. The van der Waals surface area contributed by atoms with Gasteiger partial charge in [0.2, 0.25) is 0 Å². The van der Waals surface area contributed by atoms with Crippen LogP contribution in [0.25, 0.3) is 0 Å². The van der Waals surface area contributed by atoms with E-state index in [0.29, 0.717) is 12.1 Å². The Bertz CT molecular complexity index is 659. The van der Waals surface area contributed by atoms with Gasteiger partial charge in [-0.2, -0.15) is 5.10 Å². The van der Waals surface area contributed by atoms with E-state index in [9.17, 15) is 9.90 Å². The first kappa shape index (κ1) is 17.4. The van der Waals surface area contributed by atoms with Crippen molar-refractivity contribution in [2.45, 2.75) is 38.8 Å². The third-order valence-electron chi connectivity index (χ3n) is 3.19. The van der Waals surface area contributed by atoms with Crippen LogP contribution in [0.3, 0.4) is 0 Å². The molecule has 1 atom stereocenters. The number of hydrogen-bond acceptors (Lipinski definition) is 5. The number of carbonyl (C=O) groups is 1.